The van der Waals surface area contributed by atoms with Crippen LogP contribution in [0.4, 0.5) is 5.69 Å². The van der Waals surface area contributed by atoms with Crippen molar-refractivity contribution in [2.75, 3.05) is 5.32 Å². The van der Waals surface area contributed by atoms with Crippen molar-refractivity contribution < 1.29 is 0 Å². The lowest BCUT2D eigenvalue weighted by molar-refractivity contribution is 0.851. The number of nitrogens with one attached hydrogen (secondary N) is 1. The number of anilines is 1. The Hall–Kier alpha value is -1.83. The standard InChI is InChI=1S/C17H22N2/c1-12(2)15-5-7-16(8-6-15)14(4)19-17-11-18-10-9-13(17)3/h5-12,14,19H,1-4H3. The van der Waals surface area contributed by atoms with Crippen molar-refractivity contribution in [1.82, 2.24) is 4.98 Å². The molecule has 0 amide bonds. The van der Waals surface area contributed by atoms with Crippen LogP contribution in [-0.2, 0) is 0 Å². The van der Waals surface area contributed by atoms with E-state index in [0.717, 1.165) is 5.69 Å². The van der Waals surface area contributed by atoms with Crippen molar-refractivity contribution in [2.45, 2.75) is 39.7 Å². The third kappa shape index (κ3) is 3.34. The summed E-state index contributed by atoms with van der Waals surface area (Å²) in [6.07, 6.45) is 3.71. The van der Waals surface area contributed by atoms with Crippen molar-refractivity contribution in [1.29, 1.82) is 0 Å². The van der Waals surface area contributed by atoms with E-state index in [0.29, 0.717) is 5.92 Å². The molecule has 2 aromatic rings. The van der Waals surface area contributed by atoms with Gasteiger partial charge in [-0.3, -0.25) is 4.98 Å². The molecule has 2 rings (SSSR count). The smallest absolute Gasteiger partial charge is 0.0561 e. The van der Waals surface area contributed by atoms with Gasteiger partial charge in [0, 0.05) is 12.2 Å². The largest absolute Gasteiger partial charge is 0.377 e. The molecule has 19 heavy (non-hydrogen) atoms. The highest BCUT2D eigenvalue weighted by Gasteiger charge is 2.07. The number of aryl methyl sites for hydroxylation is 1. The molecule has 2 heteroatoms. The molecule has 1 aromatic carbocycles. The van der Waals surface area contributed by atoms with Crippen LogP contribution in [-0.4, -0.2) is 4.98 Å². The minimum Gasteiger partial charge on any atom is -0.377 e. The summed E-state index contributed by atoms with van der Waals surface area (Å²) < 4.78 is 0. The number of aromatic nitrogens is 1. The molecular formula is C17H22N2. The lowest BCUT2D eigenvalue weighted by atomic mass is 9.99. The Morgan fingerprint density at radius 2 is 1.58 bits per heavy atom. The van der Waals surface area contributed by atoms with Gasteiger partial charge in [-0.05, 0) is 42.5 Å². The summed E-state index contributed by atoms with van der Waals surface area (Å²) in [6.45, 7) is 8.71. The van der Waals surface area contributed by atoms with Gasteiger partial charge in [0.25, 0.3) is 0 Å². The zero-order valence-corrected chi connectivity index (χ0v) is 12.1. The van der Waals surface area contributed by atoms with Crippen molar-refractivity contribution >= 4 is 5.69 Å². The highest BCUT2D eigenvalue weighted by molar-refractivity contribution is 5.49. The Morgan fingerprint density at radius 1 is 0.947 bits per heavy atom. The van der Waals surface area contributed by atoms with Gasteiger partial charge in [0.15, 0.2) is 0 Å². The second-order valence-electron chi connectivity index (χ2n) is 5.38. The average Bonchev–Trinajstić information content (AvgIpc) is 2.41. The first kappa shape index (κ1) is 13.6. The average molecular weight is 254 g/mol. The lowest BCUT2D eigenvalue weighted by Gasteiger charge is -2.17. The van der Waals surface area contributed by atoms with Crippen LogP contribution in [0.3, 0.4) is 0 Å². The van der Waals surface area contributed by atoms with E-state index < -0.39 is 0 Å². The molecule has 0 spiro atoms. The maximum Gasteiger partial charge on any atom is 0.0561 e. The Kier molecular flexibility index (Phi) is 4.20. The van der Waals surface area contributed by atoms with Crippen LogP contribution in [0.1, 0.15) is 49.4 Å². The van der Waals surface area contributed by atoms with Gasteiger partial charge >= 0.3 is 0 Å². The third-order valence-electron chi connectivity index (χ3n) is 3.51. The van der Waals surface area contributed by atoms with Gasteiger partial charge < -0.3 is 5.32 Å². The van der Waals surface area contributed by atoms with Crippen LogP contribution in [0.5, 0.6) is 0 Å². The van der Waals surface area contributed by atoms with Crippen LogP contribution < -0.4 is 5.32 Å². The Labute approximate surface area is 115 Å². The quantitative estimate of drug-likeness (QED) is 0.856. The zero-order valence-electron chi connectivity index (χ0n) is 12.1. The second-order valence-corrected chi connectivity index (χ2v) is 5.38. The summed E-state index contributed by atoms with van der Waals surface area (Å²) in [5, 5.41) is 3.51. The Balaban J connectivity index is 2.12. The monoisotopic (exact) mass is 254 g/mol. The third-order valence-corrected chi connectivity index (χ3v) is 3.51. The van der Waals surface area contributed by atoms with E-state index in [-0.39, 0.29) is 6.04 Å². The van der Waals surface area contributed by atoms with Crippen molar-refractivity contribution in [3.8, 4) is 0 Å². The van der Waals surface area contributed by atoms with Crippen LogP contribution in [0.15, 0.2) is 42.7 Å². The fourth-order valence-electron chi connectivity index (χ4n) is 2.10. The summed E-state index contributed by atoms with van der Waals surface area (Å²) in [6, 6.07) is 11.2. The van der Waals surface area contributed by atoms with Crippen LogP contribution in [0.2, 0.25) is 0 Å². The van der Waals surface area contributed by atoms with E-state index in [1.165, 1.54) is 16.7 Å². The van der Waals surface area contributed by atoms with E-state index in [9.17, 15) is 0 Å². The van der Waals surface area contributed by atoms with E-state index in [4.69, 9.17) is 0 Å². The molecule has 1 aromatic heterocycles. The number of benzene rings is 1. The molecular weight excluding hydrogens is 232 g/mol. The van der Waals surface area contributed by atoms with E-state index >= 15 is 0 Å². The second kappa shape index (κ2) is 5.87. The number of rotatable bonds is 4. The molecule has 0 saturated carbocycles. The first-order valence-electron chi connectivity index (χ1n) is 6.85. The minimum atomic E-state index is 0.282. The van der Waals surface area contributed by atoms with Crippen molar-refractivity contribution in [3.05, 3.63) is 59.4 Å². The summed E-state index contributed by atoms with van der Waals surface area (Å²) >= 11 is 0. The van der Waals surface area contributed by atoms with Gasteiger partial charge in [-0.15, -0.1) is 0 Å². The fourth-order valence-corrected chi connectivity index (χ4v) is 2.10. The van der Waals surface area contributed by atoms with E-state index in [2.05, 4.69) is 62.3 Å². The topological polar surface area (TPSA) is 24.9 Å². The molecule has 0 saturated heterocycles. The van der Waals surface area contributed by atoms with Crippen LogP contribution in [0.25, 0.3) is 0 Å². The summed E-state index contributed by atoms with van der Waals surface area (Å²) in [5.41, 5.74) is 5.00. The molecule has 0 aliphatic heterocycles. The Morgan fingerprint density at radius 3 is 2.16 bits per heavy atom. The maximum atomic E-state index is 4.17. The zero-order chi connectivity index (χ0) is 13.8. The first-order valence-corrected chi connectivity index (χ1v) is 6.85. The molecule has 1 heterocycles. The van der Waals surface area contributed by atoms with Crippen molar-refractivity contribution in [2.24, 2.45) is 0 Å². The number of hydrogen-bond acceptors (Lipinski definition) is 2. The normalized spacial score (nSPS) is 12.5. The SMILES string of the molecule is Cc1ccncc1NC(C)c1ccc(C(C)C)cc1. The molecule has 0 aliphatic rings. The van der Waals surface area contributed by atoms with Crippen LogP contribution in [0, 0.1) is 6.92 Å². The molecule has 100 valence electrons. The summed E-state index contributed by atoms with van der Waals surface area (Å²) in [4.78, 5) is 4.17. The Bertz CT molecular complexity index is 529. The van der Waals surface area contributed by atoms with Crippen molar-refractivity contribution in [3.63, 3.8) is 0 Å². The van der Waals surface area contributed by atoms with Gasteiger partial charge in [-0.2, -0.15) is 0 Å². The van der Waals surface area contributed by atoms with Crippen LogP contribution >= 0.6 is 0 Å². The highest BCUT2D eigenvalue weighted by atomic mass is 14.9. The molecule has 0 bridgehead atoms. The fraction of sp³-hybridized carbons (Fsp3) is 0.353. The predicted molar refractivity (Wildman–Crippen MR) is 81.5 cm³/mol. The predicted octanol–water partition coefficient (Wildman–Crippen LogP) is 4.69. The molecule has 1 atom stereocenters. The van der Waals surface area contributed by atoms with Gasteiger partial charge in [0.05, 0.1) is 11.9 Å². The number of hydrogen-bond donors (Lipinski definition) is 1. The number of nitrogens with zero attached hydrogens (tertiary/aromatic N) is 1. The molecule has 0 fully saturated rings. The van der Waals surface area contributed by atoms with Gasteiger partial charge in [0.2, 0.25) is 0 Å². The summed E-state index contributed by atoms with van der Waals surface area (Å²) in [7, 11) is 0. The highest BCUT2D eigenvalue weighted by Crippen LogP contribution is 2.23. The first-order chi connectivity index (χ1) is 9.08. The molecule has 1 N–H and O–H groups in total. The van der Waals surface area contributed by atoms with Gasteiger partial charge in [-0.25, -0.2) is 0 Å². The lowest BCUT2D eigenvalue weighted by Crippen LogP contribution is -2.08. The maximum absolute atomic E-state index is 4.17. The molecule has 0 radical (unpaired) electrons. The van der Waals surface area contributed by atoms with E-state index in [1.54, 1.807) is 0 Å². The van der Waals surface area contributed by atoms with Gasteiger partial charge in [0.1, 0.15) is 0 Å². The molecule has 0 aliphatic carbocycles. The van der Waals surface area contributed by atoms with E-state index in [1.807, 2.05) is 18.5 Å². The number of pyridine rings is 1. The molecule has 1 unspecified atom stereocenters. The molecule has 2 nitrogen and oxygen atoms in total. The minimum absolute atomic E-state index is 0.282. The summed E-state index contributed by atoms with van der Waals surface area (Å²) in [5.74, 6) is 0.581. The van der Waals surface area contributed by atoms with Gasteiger partial charge in [-0.1, -0.05) is 38.1 Å².